The van der Waals surface area contributed by atoms with Gasteiger partial charge in [-0.05, 0) is 5.56 Å². The van der Waals surface area contributed by atoms with E-state index in [4.69, 9.17) is 10.8 Å². The van der Waals surface area contributed by atoms with Crippen LogP contribution in [0.25, 0.3) is 0 Å². The Bertz CT molecular complexity index is 312. The van der Waals surface area contributed by atoms with E-state index in [0.29, 0.717) is 0 Å². The van der Waals surface area contributed by atoms with E-state index in [1.807, 2.05) is 6.07 Å². The Balaban J connectivity index is 2.81. The number of hydrogen-bond donors (Lipinski definition) is 3. The number of carboxylic acids is 1. The highest BCUT2D eigenvalue weighted by Gasteiger charge is 2.34. The minimum atomic E-state index is -1.86. The van der Waals surface area contributed by atoms with Gasteiger partial charge in [0, 0.05) is 13.0 Å². The first kappa shape index (κ1) is 10.7. The Kier molecular flexibility index (Phi) is 3.22. The summed E-state index contributed by atoms with van der Waals surface area (Å²) in [6.45, 7) is -0.294. The molecule has 76 valence electrons. The molecule has 4 N–H and O–H groups in total. The van der Waals surface area contributed by atoms with Gasteiger partial charge in [-0.25, -0.2) is 4.79 Å². The second kappa shape index (κ2) is 4.21. The Hall–Kier alpha value is -1.39. The van der Waals surface area contributed by atoms with Crippen molar-refractivity contribution in [2.45, 2.75) is 12.0 Å². The van der Waals surface area contributed by atoms with Crippen LogP contribution in [-0.2, 0) is 11.2 Å². The molecule has 1 aromatic rings. The molecule has 0 heterocycles. The van der Waals surface area contributed by atoms with Crippen molar-refractivity contribution in [3.8, 4) is 0 Å². The van der Waals surface area contributed by atoms with Crippen molar-refractivity contribution in [1.29, 1.82) is 0 Å². The molecule has 0 saturated heterocycles. The average Bonchev–Trinajstić information content (AvgIpc) is 2.19. The van der Waals surface area contributed by atoms with Crippen molar-refractivity contribution < 1.29 is 15.0 Å². The lowest BCUT2D eigenvalue weighted by molar-refractivity contribution is -0.157. The second-order valence-electron chi connectivity index (χ2n) is 3.20. The molecule has 0 unspecified atom stereocenters. The summed E-state index contributed by atoms with van der Waals surface area (Å²) in [5.41, 5.74) is 4.12. The number of benzene rings is 1. The van der Waals surface area contributed by atoms with Crippen LogP contribution in [0, 0.1) is 0 Å². The minimum absolute atomic E-state index is 0.0275. The molecule has 1 rings (SSSR count). The van der Waals surface area contributed by atoms with Gasteiger partial charge < -0.3 is 15.9 Å². The predicted octanol–water partition coefficient (Wildman–Crippen LogP) is 0.00350. The van der Waals surface area contributed by atoms with Gasteiger partial charge in [-0.3, -0.25) is 0 Å². The highest BCUT2D eigenvalue weighted by atomic mass is 16.4. The van der Waals surface area contributed by atoms with Crippen molar-refractivity contribution in [1.82, 2.24) is 0 Å². The van der Waals surface area contributed by atoms with Crippen LogP contribution < -0.4 is 5.73 Å². The first-order valence-corrected chi connectivity index (χ1v) is 4.28. The number of hydrogen-bond acceptors (Lipinski definition) is 3. The van der Waals surface area contributed by atoms with Gasteiger partial charge >= 0.3 is 5.97 Å². The van der Waals surface area contributed by atoms with E-state index in [1.165, 1.54) is 0 Å². The van der Waals surface area contributed by atoms with Gasteiger partial charge in [0.1, 0.15) is 0 Å². The normalized spacial score (nSPS) is 14.7. The molecule has 0 bridgehead atoms. The Morgan fingerprint density at radius 2 is 1.93 bits per heavy atom. The molecule has 4 nitrogen and oxygen atoms in total. The molecule has 14 heavy (non-hydrogen) atoms. The maximum atomic E-state index is 10.7. The molecule has 0 fully saturated rings. The molecule has 1 aromatic carbocycles. The zero-order valence-electron chi connectivity index (χ0n) is 7.68. The summed E-state index contributed by atoms with van der Waals surface area (Å²) in [5, 5.41) is 18.4. The lowest BCUT2D eigenvalue weighted by Crippen LogP contribution is -2.47. The van der Waals surface area contributed by atoms with Gasteiger partial charge in [-0.2, -0.15) is 0 Å². The summed E-state index contributed by atoms with van der Waals surface area (Å²) in [6, 6.07) is 8.90. The summed E-state index contributed by atoms with van der Waals surface area (Å²) in [4.78, 5) is 10.7. The minimum Gasteiger partial charge on any atom is -0.479 e. The second-order valence-corrected chi connectivity index (χ2v) is 3.20. The summed E-state index contributed by atoms with van der Waals surface area (Å²) < 4.78 is 0. The monoisotopic (exact) mass is 195 g/mol. The van der Waals surface area contributed by atoms with Crippen LogP contribution in [0.15, 0.2) is 30.3 Å². The van der Waals surface area contributed by atoms with E-state index >= 15 is 0 Å². The Labute approximate surface area is 82.0 Å². The van der Waals surface area contributed by atoms with Gasteiger partial charge in [0.25, 0.3) is 0 Å². The molecule has 0 aromatic heterocycles. The van der Waals surface area contributed by atoms with Crippen molar-refractivity contribution in [3.63, 3.8) is 0 Å². The zero-order valence-corrected chi connectivity index (χ0v) is 7.68. The maximum Gasteiger partial charge on any atom is 0.337 e. The molecular weight excluding hydrogens is 182 g/mol. The lowest BCUT2D eigenvalue weighted by Gasteiger charge is -2.21. The van der Waals surface area contributed by atoms with Crippen LogP contribution in [-0.4, -0.2) is 28.3 Å². The molecule has 0 aliphatic heterocycles. The summed E-state index contributed by atoms with van der Waals surface area (Å²) in [6.07, 6.45) is 0.0275. The lowest BCUT2D eigenvalue weighted by atomic mass is 9.95. The highest BCUT2D eigenvalue weighted by Crippen LogP contribution is 2.12. The average molecular weight is 195 g/mol. The smallest absolute Gasteiger partial charge is 0.337 e. The van der Waals surface area contributed by atoms with E-state index in [-0.39, 0.29) is 13.0 Å². The van der Waals surface area contributed by atoms with Gasteiger partial charge in [-0.15, -0.1) is 0 Å². The van der Waals surface area contributed by atoms with Crippen molar-refractivity contribution >= 4 is 5.97 Å². The molecule has 0 aliphatic carbocycles. The topological polar surface area (TPSA) is 83.5 Å². The molecule has 0 amide bonds. The molecular formula is C10H13NO3. The van der Waals surface area contributed by atoms with Crippen LogP contribution in [0.5, 0.6) is 0 Å². The first-order chi connectivity index (χ1) is 6.58. The molecule has 4 heteroatoms. The quantitative estimate of drug-likeness (QED) is 0.631. The number of rotatable bonds is 4. The maximum absolute atomic E-state index is 10.7. The predicted molar refractivity (Wildman–Crippen MR) is 51.8 cm³/mol. The standard InChI is InChI=1S/C10H13NO3/c11-7-10(14,9(12)13)6-8-4-2-1-3-5-8/h1-5,14H,6-7,11H2,(H,12,13)/t10-/m0/s1. The number of aliphatic hydroxyl groups is 1. The number of carbonyl (C=O) groups is 1. The fourth-order valence-corrected chi connectivity index (χ4v) is 1.17. The summed E-state index contributed by atoms with van der Waals surface area (Å²) in [7, 11) is 0. The van der Waals surface area contributed by atoms with Crippen molar-refractivity contribution in [3.05, 3.63) is 35.9 Å². The van der Waals surface area contributed by atoms with Crippen LogP contribution in [0.2, 0.25) is 0 Å². The molecule has 0 saturated carbocycles. The van der Waals surface area contributed by atoms with E-state index in [0.717, 1.165) is 5.56 Å². The fourth-order valence-electron chi connectivity index (χ4n) is 1.17. The van der Waals surface area contributed by atoms with E-state index in [2.05, 4.69) is 0 Å². The van der Waals surface area contributed by atoms with Gasteiger partial charge in [0.05, 0.1) is 0 Å². The highest BCUT2D eigenvalue weighted by molar-refractivity contribution is 5.77. The fraction of sp³-hybridized carbons (Fsp3) is 0.300. The van der Waals surface area contributed by atoms with Crippen molar-refractivity contribution in [2.75, 3.05) is 6.54 Å². The summed E-state index contributed by atoms with van der Waals surface area (Å²) >= 11 is 0. The van der Waals surface area contributed by atoms with E-state index in [1.54, 1.807) is 24.3 Å². The van der Waals surface area contributed by atoms with Crippen LogP contribution in [0.4, 0.5) is 0 Å². The van der Waals surface area contributed by atoms with Gasteiger partial charge in [0.2, 0.25) is 0 Å². The third-order valence-electron chi connectivity index (χ3n) is 2.08. The number of carboxylic acid groups (broad SMARTS) is 1. The molecule has 0 aliphatic rings. The van der Waals surface area contributed by atoms with Gasteiger partial charge in [-0.1, -0.05) is 30.3 Å². The van der Waals surface area contributed by atoms with Crippen LogP contribution in [0.3, 0.4) is 0 Å². The largest absolute Gasteiger partial charge is 0.479 e. The van der Waals surface area contributed by atoms with Crippen LogP contribution >= 0.6 is 0 Å². The molecule has 0 spiro atoms. The number of aliphatic carboxylic acids is 1. The van der Waals surface area contributed by atoms with E-state index < -0.39 is 11.6 Å². The SMILES string of the molecule is NC[C@@](O)(Cc1ccccc1)C(=O)O. The van der Waals surface area contributed by atoms with Crippen molar-refractivity contribution in [2.24, 2.45) is 5.73 Å². The van der Waals surface area contributed by atoms with E-state index in [9.17, 15) is 9.90 Å². The Morgan fingerprint density at radius 3 is 2.36 bits per heavy atom. The first-order valence-electron chi connectivity index (χ1n) is 4.28. The molecule has 0 radical (unpaired) electrons. The number of nitrogens with two attached hydrogens (primary N) is 1. The van der Waals surface area contributed by atoms with Gasteiger partial charge in [0.15, 0.2) is 5.60 Å². The third-order valence-corrected chi connectivity index (χ3v) is 2.08. The third kappa shape index (κ3) is 2.31. The van der Waals surface area contributed by atoms with Crippen LogP contribution in [0.1, 0.15) is 5.56 Å². The Morgan fingerprint density at radius 1 is 1.36 bits per heavy atom. The molecule has 1 atom stereocenters. The zero-order chi connectivity index (χ0) is 10.6. The summed E-state index contributed by atoms with van der Waals surface area (Å²) in [5.74, 6) is -1.29.